The van der Waals surface area contributed by atoms with E-state index in [4.69, 9.17) is 16.1 Å². The van der Waals surface area contributed by atoms with Gasteiger partial charge in [0.2, 0.25) is 5.91 Å². The first kappa shape index (κ1) is 35.6. The minimum absolute atomic E-state index is 0.0426. The van der Waals surface area contributed by atoms with Crippen molar-refractivity contribution >= 4 is 99.4 Å². The van der Waals surface area contributed by atoms with E-state index in [1.165, 1.54) is 11.0 Å². The summed E-state index contributed by atoms with van der Waals surface area (Å²) in [4.78, 5) is 66.7. The van der Waals surface area contributed by atoms with E-state index in [0.717, 1.165) is 16.5 Å². The van der Waals surface area contributed by atoms with Crippen molar-refractivity contribution in [1.82, 2.24) is 9.97 Å². The fourth-order valence-corrected chi connectivity index (χ4v) is 7.35. The lowest BCUT2D eigenvalue weighted by Crippen LogP contribution is -2.30. The van der Waals surface area contributed by atoms with E-state index in [2.05, 4.69) is 33.2 Å². The van der Waals surface area contributed by atoms with E-state index < -0.39 is 7.82 Å². The van der Waals surface area contributed by atoms with Crippen LogP contribution in [0.15, 0.2) is 78.9 Å². The molecule has 0 saturated heterocycles. The van der Waals surface area contributed by atoms with Gasteiger partial charge in [-0.25, -0.2) is 4.57 Å². The van der Waals surface area contributed by atoms with Gasteiger partial charge in [0.05, 0.1) is 5.69 Å². The fraction of sp³-hybridized carbons (Fsp3) is 0.216. The molecule has 0 unspecified atom stereocenters. The number of benzene rings is 4. The van der Waals surface area contributed by atoms with Gasteiger partial charge in [0.15, 0.2) is 0 Å². The third-order valence-electron chi connectivity index (χ3n) is 9.00. The highest BCUT2D eigenvalue weighted by molar-refractivity contribution is 7.81. The highest BCUT2D eigenvalue weighted by Crippen LogP contribution is 2.49. The number of phosphoric ester groups is 1. The van der Waals surface area contributed by atoms with Crippen LogP contribution in [0.25, 0.3) is 32.6 Å². The molecule has 3 heterocycles. The zero-order valence-corrected chi connectivity index (χ0v) is 30.6. The Morgan fingerprint density at radius 2 is 1.54 bits per heavy atom. The van der Waals surface area contributed by atoms with Crippen LogP contribution in [0.3, 0.4) is 0 Å². The molecule has 15 heteroatoms. The molecule has 3 amide bonds. The number of aromatic amines is 2. The monoisotopic (exact) mass is 759 g/mol. The smallest absolute Gasteiger partial charge is 0.404 e. The third-order valence-corrected chi connectivity index (χ3v) is 10.0. The van der Waals surface area contributed by atoms with E-state index >= 15 is 0 Å². The zero-order chi connectivity index (χ0) is 36.9. The summed E-state index contributed by atoms with van der Waals surface area (Å²) in [5.41, 5.74) is 4.39. The summed E-state index contributed by atoms with van der Waals surface area (Å²) in [5, 5.41) is 8.43. The lowest BCUT2D eigenvalue weighted by Gasteiger charge is -2.19. The van der Waals surface area contributed by atoms with Crippen LogP contribution in [0.1, 0.15) is 59.1 Å². The van der Waals surface area contributed by atoms with E-state index in [-0.39, 0.29) is 52.3 Å². The van der Waals surface area contributed by atoms with Crippen molar-refractivity contribution < 1.29 is 33.3 Å². The van der Waals surface area contributed by atoms with Gasteiger partial charge in [-0.1, -0.05) is 38.1 Å². The predicted molar refractivity (Wildman–Crippen MR) is 207 cm³/mol. The van der Waals surface area contributed by atoms with Gasteiger partial charge in [0.1, 0.15) is 17.1 Å². The summed E-state index contributed by atoms with van der Waals surface area (Å²) in [6.45, 7) is 4.17. The molecule has 7 rings (SSSR count). The summed E-state index contributed by atoms with van der Waals surface area (Å²) in [6, 6.07) is 22.5. The number of nitrogens with zero attached hydrogens (tertiary/aromatic N) is 1. The Bertz CT molecular complexity index is 2450. The van der Waals surface area contributed by atoms with Crippen molar-refractivity contribution in [2.24, 2.45) is 0 Å². The molecular weight excluding hydrogens is 725 g/mol. The number of aromatic nitrogens is 2. The second-order valence-corrected chi connectivity index (χ2v) is 16.2. The maximum absolute atomic E-state index is 14.0. The van der Waals surface area contributed by atoms with Crippen LogP contribution in [-0.2, 0) is 9.36 Å². The number of carbonyl (C=O) groups excluding carboxylic acids is 3. The van der Waals surface area contributed by atoms with Crippen molar-refractivity contribution in [3.05, 3.63) is 95.8 Å². The molecule has 0 aliphatic carbocycles. The molecular formula is C37H35ClN5O7PS. The third kappa shape index (κ3) is 7.41. The number of amides is 3. The van der Waals surface area contributed by atoms with Crippen LogP contribution in [-0.4, -0.2) is 54.6 Å². The van der Waals surface area contributed by atoms with Crippen molar-refractivity contribution in [2.75, 3.05) is 28.0 Å². The maximum atomic E-state index is 14.0. The molecule has 52 heavy (non-hydrogen) atoms. The zero-order valence-electron chi connectivity index (χ0n) is 28.1. The Labute approximate surface area is 308 Å². The molecule has 2 aromatic heterocycles. The maximum Gasteiger partial charge on any atom is 0.524 e. The number of fused-ring (bicyclic) bond motifs is 5. The van der Waals surface area contributed by atoms with Gasteiger partial charge in [0.25, 0.3) is 11.8 Å². The van der Waals surface area contributed by atoms with Crippen LogP contribution in [0.5, 0.6) is 5.75 Å². The number of hydrogen-bond donors (Lipinski definition) is 7. The first-order chi connectivity index (χ1) is 24.7. The van der Waals surface area contributed by atoms with Gasteiger partial charge in [-0.15, -0.1) is 11.6 Å². The number of halogens is 1. The number of hydrogen-bond acceptors (Lipinski definition) is 6. The molecule has 12 nitrogen and oxygen atoms in total. The average molecular weight is 760 g/mol. The van der Waals surface area contributed by atoms with Crippen LogP contribution in [0.2, 0.25) is 0 Å². The number of thiol groups is 1. The second kappa shape index (κ2) is 13.6. The quantitative estimate of drug-likeness (QED) is 0.0421. The normalized spacial score (nSPS) is 14.6. The molecule has 0 fully saturated rings. The summed E-state index contributed by atoms with van der Waals surface area (Å²) in [5.74, 6) is -0.901. The Hall–Kier alpha value is -4.78. The van der Waals surface area contributed by atoms with E-state index in [1.54, 1.807) is 66.7 Å². The van der Waals surface area contributed by atoms with Crippen LogP contribution < -0.4 is 20.1 Å². The second-order valence-electron chi connectivity index (χ2n) is 13.5. The Morgan fingerprint density at radius 3 is 2.17 bits per heavy atom. The summed E-state index contributed by atoms with van der Waals surface area (Å²) in [7, 11) is -4.90. The number of H-pyrrole nitrogens is 2. The topological polar surface area (TPSA) is 177 Å². The molecule has 0 spiro atoms. The summed E-state index contributed by atoms with van der Waals surface area (Å²) >= 11 is 10.9. The number of carbonyl (C=O) groups is 3. The first-order valence-electron chi connectivity index (χ1n) is 16.4. The Kier molecular flexibility index (Phi) is 9.35. The van der Waals surface area contributed by atoms with Gasteiger partial charge in [0, 0.05) is 74.1 Å². The molecule has 268 valence electrons. The number of phosphoric acid groups is 1. The molecule has 6 aromatic rings. The fourth-order valence-electron chi connectivity index (χ4n) is 6.58. The highest BCUT2D eigenvalue weighted by atomic mass is 35.5. The molecule has 6 N–H and O–H groups in total. The van der Waals surface area contributed by atoms with Crippen LogP contribution >= 0.6 is 32.1 Å². The number of alkyl halides is 1. The average Bonchev–Trinajstić information content (AvgIpc) is 3.81. The van der Waals surface area contributed by atoms with Crippen molar-refractivity contribution in [3.8, 4) is 5.75 Å². The van der Waals surface area contributed by atoms with Gasteiger partial charge in [-0.05, 0) is 65.9 Å². The van der Waals surface area contributed by atoms with Gasteiger partial charge < -0.3 is 30.0 Å². The predicted octanol–water partition coefficient (Wildman–Crippen LogP) is 7.94. The van der Waals surface area contributed by atoms with Gasteiger partial charge in [-0.3, -0.25) is 24.2 Å². The minimum Gasteiger partial charge on any atom is -0.404 e. The molecule has 0 saturated carbocycles. The van der Waals surface area contributed by atoms with Crippen molar-refractivity contribution in [3.63, 3.8) is 0 Å². The summed E-state index contributed by atoms with van der Waals surface area (Å²) < 4.78 is 16.6. The molecule has 0 radical (unpaired) electrons. The molecule has 1 aliphatic rings. The van der Waals surface area contributed by atoms with Gasteiger partial charge >= 0.3 is 7.82 Å². The van der Waals surface area contributed by atoms with E-state index in [1.807, 2.05) is 19.9 Å². The van der Waals surface area contributed by atoms with Crippen molar-refractivity contribution in [1.29, 1.82) is 0 Å². The number of rotatable bonds is 10. The highest BCUT2D eigenvalue weighted by Gasteiger charge is 2.36. The molecule has 1 atom stereocenters. The van der Waals surface area contributed by atoms with Crippen molar-refractivity contribution in [2.45, 2.75) is 37.4 Å². The molecule has 0 bridgehead atoms. The largest absolute Gasteiger partial charge is 0.524 e. The first-order valence-corrected chi connectivity index (χ1v) is 18.9. The van der Waals surface area contributed by atoms with E-state index in [0.29, 0.717) is 57.3 Å². The molecule has 4 aromatic carbocycles. The van der Waals surface area contributed by atoms with E-state index in [9.17, 15) is 28.7 Å². The Morgan fingerprint density at radius 1 is 0.923 bits per heavy atom. The number of nitrogens with one attached hydrogen (secondary N) is 4. The van der Waals surface area contributed by atoms with Gasteiger partial charge in [-0.2, -0.15) is 12.6 Å². The minimum atomic E-state index is -4.90. The summed E-state index contributed by atoms with van der Waals surface area (Å²) in [6.07, 6.45) is 0.970. The Balaban J connectivity index is 1.10. The lowest BCUT2D eigenvalue weighted by molar-refractivity contribution is -0.116. The number of anilines is 3. The lowest BCUT2D eigenvalue weighted by atomic mass is 9.95. The molecule has 1 aliphatic heterocycles. The SMILES string of the molecule is CC(C)(S)CCC(=O)Nc1ccc2[nH]c(C(=O)Nc3ccc4[nH]c(C(=O)N5C[C@@H](CCl)c6c5cc(OP(=O)(O)O)c5ccccc65)cc4c3)cc2c1. The van der Waals surface area contributed by atoms with Crippen LogP contribution in [0.4, 0.5) is 17.1 Å². The standard InChI is InChI=1S/C37H35ClN5O7PS/c1-37(2,52)12-11-33(44)39-23-7-9-27-20(13-23)15-29(41-27)35(45)40-24-8-10-28-21(14-24)16-30(42-28)36(46)43-19-22(18-38)34-26-6-4-3-5-25(26)32(17-31(34)43)50-51(47,48)49/h3-10,13-17,22,41-42,52H,11-12,18-19H2,1-2H3,(H,39,44)(H,40,45)(H2,47,48,49)/t22-/m1/s1. The van der Waals surface area contributed by atoms with Crippen LogP contribution in [0, 0.1) is 0 Å².